The van der Waals surface area contributed by atoms with Gasteiger partial charge in [-0.1, -0.05) is 12.1 Å². The molecule has 0 bridgehead atoms. The van der Waals surface area contributed by atoms with Crippen LogP contribution in [-0.2, 0) is 11.2 Å². The zero-order valence-electron chi connectivity index (χ0n) is 14.1. The third-order valence-electron chi connectivity index (χ3n) is 4.21. The van der Waals surface area contributed by atoms with Crippen LogP contribution in [0.1, 0.15) is 39.2 Å². The maximum atomic E-state index is 11.9. The summed E-state index contributed by atoms with van der Waals surface area (Å²) >= 11 is 2.28. The number of hydrogen-bond donors (Lipinski definition) is 2. The molecule has 128 valence electrons. The number of aliphatic hydroxyl groups excluding tert-OH is 1. The molecule has 0 spiro atoms. The van der Waals surface area contributed by atoms with Gasteiger partial charge < -0.3 is 15.2 Å². The van der Waals surface area contributed by atoms with Crippen molar-refractivity contribution >= 4 is 28.7 Å². The van der Waals surface area contributed by atoms with E-state index in [1.807, 2.05) is 20.8 Å². The first-order valence-electron chi connectivity index (χ1n) is 8.06. The quantitative estimate of drug-likeness (QED) is 0.675. The van der Waals surface area contributed by atoms with Crippen molar-refractivity contribution in [3.63, 3.8) is 0 Å². The van der Waals surface area contributed by atoms with Crippen LogP contribution in [0.2, 0.25) is 0 Å². The van der Waals surface area contributed by atoms with E-state index in [0.29, 0.717) is 12.5 Å². The Morgan fingerprint density at radius 2 is 1.91 bits per heavy atom. The number of ether oxygens (including phenoxy) is 1. The molecule has 0 aliphatic heterocycles. The number of carbonyl (C=O) groups excluding carboxylic acids is 1. The van der Waals surface area contributed by atoms with E-state index in [1.165, 1.54) is 9.13 Å². The molecule has 1 aliphatic carbocycles. The Labute approximate surface area is 152 Å². The number of halogens is 1. The van der Waals surface area contributed by atoms with Gasteiger partial charge in [0.15, 0.2) is 0 Å². The first kappa shape index (κ1) is 18.5. The van der Waals surface area contributed by atoms with E-state index in [4.69, 9.17) is 4.74 Å². The molecule has 4 nitrogen and oxygen atoms in total. The van der Waals surface area contributed by atoms with Gasteiger partial charge in [0.2, 0.25) is 0 Å². The lowest BCUT2D eigenvalue weighted by Crippen LogP contribution is -2.44. The van der Waals surface area contributed by atoms with Crippen LogP contribution in [0.15, 0.2) is 24.3 Å². The van der Waals surface area contributed by atoms with Crippen LogP contribution in [-0.4, -0.2) is 30.0 Å². The fourth-order valence-corrected chi connectivity index (χ4v) is 3.22. The van der Waals surface area contributed by atoms with Crippen LogP contribution in [0.25, 0.3) is 0 Å². The molecule has 2 rings (SSSR count). The van der Waals surface area contributed by atoms with Gasteiger partial charge in [0.1, 0.15) is 5.60 Å². The van der Waals surface area contributed by atoms with Crippen molar-refractivity contribution in [1.29, 1.82) is 0 Å². The van der Waals surface area contributed by atoms with E-state index in [2.05, 4.69) is 52.2 Å². The summed E-state index contributed by atoms with van der Waals surface area (Å²) in [7, 11) is 0. The molecule has 5 heteroatoms. The molecule has 2 N–H and O–H groups in total. The number of alkyl carbamates (subject to hydrolysis) is 1. The summed E-state index contributed by atoms with van der Waals surface area (Å²) in [6.45, 7) is 6.05. The summed E-state index contributed by atoms with van der Waals surface area (Å²) in [5.41, 5.74) is 0.378. The van der Waals surface area contributed by atoms with Crippen LogP contribution in [0.5, 0.6) is 0 Å². The Kier molecular flexibility index (Phi) is 5.94. The Hall–Kier alpha value is -0.820. The van der Waals surface area contributed by atoms with Gasteiger partial charge in [0.25, 0.3) is 0 Å². The Morgan fingerprint density at radius 1 is 1.30 bits per heavy atom. The third kappa shape index (κ3) is 5.64. The number of carbonyl (C=O) groups is 1. The van der Waals surface area contributed by atoms with Gasteiger partial charge in [-0.25, -0.2) is 4.79 Å². The summed E-state index contributed by atoms with van der Waals surface area (Å²) in [5, 5.41) is 12.9. The summed E-state index contributed by atoms with van der Waals surface area (Å²) in [4.78, 5) is 11.9. The van der Waals surface area contributed by atoms with Crippen molar-refractivity contribution in [3.8, 4) is 0 Å². The van der Waals surface area contributed by atoms with Crippen LogP contribution in [0.4, 0.5) is 4.79 Å². The highest BCUT2D eigenvalue weighted by atomic mass is 127. The molecule has 0 heterocycles. The normalized spacial score (nSPS) is 17.4. The topological polar surface area (TPSA) is 58.6 Å². The second-order valence-electron chi connectivity index (χ2n) is 7.45. The highest BCUT2D eigenvalue weighted by Gasteiger charge is 2.45. The fourth-order valence-electron chi connectivity index (χ4n) is 2.86. The second-order valence-corrected chi connectivity index (χ2v) is 8.70. The molecule has 1 saturated carbocycles. The van der Waals surface area contributed by atoms with E-state index in [1.54, 1.807) is 0 Å². The summed E-state index contributed by atoms with van der Waals surface area (Å²) < 4.78 is 6.50. The van der Waals surface area contributed by atoms with Crippen molar-refractivity contribution in [2.75, 3.05) is 13.2 Å². The molecule has 1 atom stereocenters. The van der Waals surface area contributed by atoms with Gasteiger partial charge in [0.05, 0.1) is 6.61 Å². The number of rotatable bonds is 6. The molecule has 0 aromatic heterocycles. The highest BCUT2D eigenvalue weighted by molar-refractivity contribution is 14.1. The highest BCUT2D eigenvalue weighted by Crippen LogP contribution is 2.47. The van der Waals surface area contributed by atoms with E-state index in [9.17, 15) is 9.90 Å². The molecule has 1 aliphatic rings. The molecule has 0 saturated heterocycles. The van der Waals surface area contributed by atoms with E-state index < -0.39 is 11.7 Å². The zero-order chi connectivity index (χ0) is 17.1. The number of nitrogens with one attached hydrogen (secondary N) is 1. The lowest BCUT2D eigenvalue weighted by atomic mass is 9.77. The monoisotopic (exact) mass is 431 g/mol. The van der Waals surface area contributed by atoms with Gasteiger partial charge in [0, 0.05) is 15.5 Å². The number of amides is 1. The largest absolute Gasteiger partial charge is 0.444 e. The maximum Gasteiger partial charge on any atom is 0.407 e. The fraction of sp³-hybridized carbons (Fsp3) is 0.611. The van der Waals surface area contributed by atoms with E-state index >= 15 is 0 Å². The summed E-state index contributed by atoms with van der Waals surface area (Å²) in [5.74, 6) is 0.460. The van der Waals surface area contributed by atoms with Crippen LogP contribution >= 0.6 is 22.6 Å². The van der Waals surface area contributed by atoms with Crippen LogP contribution in [0, 0.1) is 14.9 Å². The molecular formula is C18H26INO3. The number of hydrogen-bond acceptors (Lipinski definition) is 3. The minimum absolute atomic E-state index is 0.0689. The average Bonchev–Trinajstić information content (AvgIpc) is 3.29. The van der Waals surface area contributed by atoms with Crippen molar-refractivity contribution < 1.29 is 14.6 Å². The lowest BCUT2D eigenvalue weighted by molar-refractivity contribution is 0.0439. The van der Waals surface area contributed by atoms with Gasteiger partial charge in [-0.05, 0) is 86.2 Å². The molecule has 1 fully saturated rings. The Bertz CT molecular complexity index is 534. The Balaban J connectivity index is 2.04. The van der Waals surface area contributed by atoms with Gasteiger partial charge >= 0.3 is 6.09 Å². The second kappa shape index (κ2) is 7.38. The minimum Gasteiger partial charge on any atom is -0.444 e. The first-order chi connectivity index (χ1) is 10.7. The Morgan fingerprint density at radius 3 is 2.39 bits per heavy atom. The number of aliphatic hydroxyl groups is 1. The average molecular weight is 431 g/mol. The molecule has 1 aromatic rings. The predicted molar refractivity (Wildman–Crippen MR) is 99.3 cm³/mol. The molecule has 0 radical (unpaired) electrons. The molecule has 23 heavy (non-hydrogen) atoms. The third-order valence-corrected chi connectivity index (χ3v) is 4.93. The van der Waals surface area contributed by atoms with E-state index in [0.717, 1.165) is 19.3 Å². The predicted octanol–water partition coefficient (Wildman–Crippen LogP) is 3.75. The maximum absolute atomic E-state index is 11.9. The van der Waals surface area contributed by atoms with Gasteiger partial charge in [-0.3, -0.25) is 0 Å². The SMILES string of the molecule is CC(C)(C)OC(=O)NCC(CO)(Cc1ccc(I)cc1)C1CC1. The summed E-state index contributed by atoms with van der Waals surface area (Å²) in [6.07, 6.45) is 2.57. The zero-order valence-corrected chi connectivity index (χ0v) is 16.2. The van der Waals surface area contributed by atoms with Gasteiger partial charge in [-0.15, -0.1) is 0 Å². The van der Waals surface area contributed by atoms with Crippen molar-refractivity contribution in [2.45, 2.75) is 45.6 Å². The molecule has 1 aromatic carbocycles. The lowest BCUT2D eigenvalue weighted by Gasteiger charge is -2.33. The van der Waals surface area contributed by atoms with Crippen molar-refractivity contribution in [1.82, 2.24) is 5.32 Å². The number of benzene rings is 1. The summed E-state index contributed by atoms with van der Waals surface area (Å²) in [6, 6.07) is 8.35. The van der Waals surface area contributed by atoms with Crippen LogP contribution in [0.3, 0.4) is 0 Å². The smallest absolute Gasteiger partial charge is 0.407 e. The minimum atomic E-state index is -0.512. The standard InChI is InChI=1S/C18H26INO3/c1-17(2,3)23-16(22)20-11-18(12-21,14-6-7-14)10-13-4-8-15(19)9-5-13/h4-5,8-9,14,21H,6-7,10-12H2,1-3H3,(H,20,22). The van der Waals surface area contributed by atoms with E-state index in [-0.39, 0.29) is 12.0 Å². The molecular weight excluding hydrogens is 405 g/mol. The molecule has 1 unspecified atom stereocenters. The first-order valence-corrected chi connectivity index (χ1v) is 9.14. The molecule has 1 amide bonds. The van der Waals surface area contributed by atoms with Crippen molar-refractivity contribution in [3.05, 3.63) is 33.4 Å². The van der Waals surface area contributed by atoms with Crippen LogP contribution < -0.4 is 5.32 Å². The van der Waals surface area contributed by atoms with Gasteiger partial charge in [-0.2, -0.15) is 0 Å². The van der Waals surface area contributed by atoms with Crippen molar-refractivity contribution in [2.24, 2.45) is 11.3 Å².